The third-order valence-corrected chi connectivity index (χ3v) is 4.15. The molecule has 1 saturated carbocycles. The van der Waals surface area contributed by atoms with Gasteiger partial charge in [-0.2, -0.15) is 0 Å². The van der Waals surface area contributed by atoms with Crippen molar-refractivity contribution in [2.45, 2.75) is 51.7 Å². The Kier molecular flexibility index (Phi) is 5.35. The van der Waals surface area contributed by atoms with Crippen molar-refractivity contribution in [2.24, 2.45) is 5.92 Å². The molecule has 1 aliphatic rings. The summed E-state index contributed by atoms with van der Waals surface area (Å²) in [7, 11) is 0. The Bertz CT molecular complexity index is 547. The molecule has 0 aliphatic heterocycles. The van der Waals surface area contributed by atoms with E-state index in [1.54, 1.807) is 19.1 Å². The third-order valence-electron chi connectivity index (χ3n) is 4.15. The molecule has 120 valence electrons. The number of nitro groups is 1. The first kappa shape index (κ1) is 16.3. The maximum Gasteiger partial charge on any atom is 0.273 e. The number of rotatable bonds is 5. The number of amides is 1. The van der Waals surface area contributed by atoms with Gasteiger partial charge in [-0.05, 0) is 31.7 Å². The summed E-state index contributed by atoms with van der Waals surface area (Å²) in [4.78, 5) is 22.5. The van der Waals surface area contributed by atoms with Crippen LogP contribution in [0.4, 0.5) is 5.69 Å². The van der Waals surface area contributed by atoms with Crippen molar-refractivity contribution < 1.29 is 14.5 Å². The molecular weight excluding hydrogens is 284 g/mol. The highest BCUT2D eigenvalue weighted by molar-refractivity contribution is 5.81. The molecule has 0 spiro atoms. The summed E-state index contributed by atoms with van der Waals surface area (Å²) in [6.07, 6.45) is 3.79. The fraction of sp³-hybridized carbons (Fsp3) is 0.562. The first-order chi connectivity index (χ1) is 10.5. The Labute approximate surface area is 130 Å². The summed E-state index contributed by atoms with van der Waals surface area (Å²) in [5, 5.41) is 13.8. The number of nitrogens with one attached hydrogen (secondary N) is 1. The van der Waals surface area contributed by atoms with Crippen LogP contribution in [0.1, 0.15) is 39.5 Å². The quantitative estimate of drug-likeness (QED) is 0.669. The Morgan fingerprint density at radius 1 is 1.41 bits per heavy atom. The number of carbonyl (C=O) groups excluding carboxylic acids is 1. The van der Waals surface area contributed by atoms with E-state index in [1.165, 1.54) is 18.6 Å². The van der Waals surface area contributed by atoms with Crippen molar-refractivity contribution in [1.29, 1.82) is 0 Å². The molecule has 1 N–H and O–H groups in total. The number of hydrogen-bond donors (Lipinski definition) is 1. The summed E-state index contributed by atoms with van der Waals surface area (Å²) in [6, 6.07) is 6.06. The van der Waals surface area contributed by atoms with Crippen molar-refractivity contribution in [1.82, 2.24) is 5.32 Å². The van der Waals surface area contributed by atoms with Crippen LogP contribution in [-0.2, 0) is 4.79 Å². The first-order valence-electron chi connectivity index (χ1n) is 7.69. The molecule has 0 bridgehead atoms. The second-order valence-electron chi connectivity index (χ2n) is 5.89. The Balaban J connectivity index is 1.93. The largest absolute Gasteiger partial charge is 0.481 e. The molecule has 0 heterocycles. The molecule has 2 rings (SSSR count). The number of carbonyl (C=O) groups is 1. The van der Waals surface area contributed by atoms with E-state index < -0.39 is 11.0 Å². The molecule has 0 saturated heterocycles. The smallest absolute Gasteiger partial charge is 0.273 e. The Hall–Kier alpha value is -2.11. The number of nitro benzene ring substituents is 1. The second kappa shape index (κ2) is 7.24. The van der Waals surface area contributed by atoms with Crippen LogP contribution < -0.4 is 10.1 Å². The SMILES string of the molecule is C[C@@H](Oc1cccc([N+](=O)[O-])c1)C(=O)N[C@@H]1CCCC[C@@H]1C. The van der Waals surface area contributed by atoms with Gasteiger partial charge in [0.25, 0.3) is 11.6 Å². The van der Waals surface area contributed by atoms with Gasteiger partial charge in [-0.1, -0.05) is 25.8 Å². The highest BCUT2D eigenvalue weighted by Crippen LogP contribution is 2.24. The standard InChI is InChI=1S/C16H22N2O4/c1-11-6-3-4-9-15(11)17-16(19)12(2)22-14-8-5-7-13(10-14)18(20)21/h5,7-8,10-12,15H,3-4,6,9H2,1-2H3,(H,17,19)/t11-,12+,15+/m0/s1. The predicted molar refractivity (Wildman–Crippen MR) is 82.7 cm³/mol. The highest BCUT2D eigenvalue weighted by atomic mass is 16.6. The molecule has 6 nitrogen and oxygen atoms in total. The van der Waals surface area contributed by atoms with Gasteiger partial charge in [-0.3, -0.25) is 14.9 Å². The van der Waals surface area contributed by atoms with Crippen LogP contribution in [0.2, 0.25) is 0 Å². The molecular formula is C16H22N2O4. The normalized spacial score (nSPS) is 22.6. The highest BCUT2D eigenvalue weighted by Gasteiger charge is 2.25. The minimum Gasteiger partial charge on any atom is -0.481 e. The molecule has 1 aromatic carbocycles. The Morgan fingerprint density at radius 3 is 2.82 bits per heavy atom. The maximum atomic E-state index is 12.2. The van der Waals surface area contributed by atoms with Crippen molar-refractivity contribution in [3.05, 3.63) is 34.4 Å². The van der Waals surface area contributed by atoms with Gasteiger partial charge in [0.15, 0.2) is 6.10 Å². The summed E-state index contributed by atoms with van der Waals surface area (Å²) < 4.78 is 5.53. The van der Waals surface area contributed by atoms with E-state index in [0.29, 0.717) is 11.7 Å². The van der Waals surface area contributed by atoms with Gasteiger partial charge in [-0.15, -0.1) is 0 Å². The molecule has 0 radical (unpaired) electrons. The van der Waals surface area contributed by atoms with Crippen molar-refractivity contribution in [3.8, 4) is 5.75 Å². The number of hydrogen-bond acceptors (Lipinski definition) is 4. The predicted octanol–water partition coefficient (Wildman–Crippen LogP) is 3.06. The third kappa shape index (κ3) is 4.19. The number of benzene rings is 1. The molecule has 0 aromatic heterocycles. The van der Waals surface area contributed by atoms with Gasteiger partial charge in [0.1, 0.15) is 5.75 Å². The van der Waals surface area contributed by atoms with Gasteiger partial charge in [0.2, 0.25) is 0 Å². The van der Waals surface area contributed by atoms with E-state index in [-0.39, 0.29) is 17.6 Å². The average molecular weight is 306 g/mol. The van der Waals surface area contributed by atoms with E-state index in [2.05, 4.69) is 12.2 Å². The summed E-state index contributed by atoms with van der Waals surface area (Å²) in [5.41, 5.74) is -0.0500. The first-order valence-corrected chi connectivity index (χ1v) is 7.69. The fourth-order valence-corrected chi connectivity index (χ4v) is 2.76. The lowest BCUT2D eigenvalue weighted by atomic mass is 9.86. The van der Waals surface area contributed by atoms with E-state index in [9.17, 15) is 14.9 Å². The minimum absolute atomic E-state index is 0.0500. The summed E-state index contributed by atoms with van der Waals surface area (Å²) in [6.45, 7) is 3.80. The fourth-order valence-electron chi connectivity index (χ4n) is 2.76. The van der Waals surface area contributed by atoms with E-state index in [1.807, 2.05) is 0 Å². The van der Waals surface area contributed by atoms with Gasteiger partial charge in [0, 0.05) is 12.1 Å². The monoisotopic (exact) mass is 306 g/mol. The van der Waals surface area contributed by atoms with Crippen LogP contribution in [0.5, 0.6) is 5.75 Å². The molecule has 1 amide bonds. The van der Waals surface area contributed by atoms with Crippen LogP contribution in [0.15, 0.2) is 24.3 Å². The second-order valence-corrected chi connectivity index (χ2v) is 5.89. The van der Waals surface area contributed by atoms with Crippen LogP contribution in [-0.4, -0.2) is 23.0 Å². The molecule has 1 aromatic rings. The molecule has 6 heteroatoms. The van der Waals surface area contributed by atoms with Crippen LogP contribution in [0.3, 0.4) is 0 Å². The number of non-ortho nitro benzene ring substituents is 1. The lowest BCUT2D eigenvalue weighted by Crippen LogP contribution is -2.46. The van der Waals surface area contributed by atoms with E-state index in [4.69, 9.17) is 4.74 Å². The van der Waals surface area contributed by atoms with Gasteiger partial charge < -0.3 is 10.1 Å². The topological polar surface area (TPSA) is 81.5 Å². The van der Waals surface area contributed by atoms with Crippen LogP contribution in [0, 0.1) is 16.0 Å². The zero-order chi connectivity index (χ0) is 16.1. The minimum atomic E-state index is -0.684. The number of ether oxygens (including phenoxy) is 1. The van der Waals surface area contributed by atoms with Crippen molar-refractivity contribution in [3.63, 3.8) is 0 Å². The maximum absolute atomic E-state index is 12.2. The zero-order valence-corrected chi connectivity index (χ0v) is 13.0. The molecule has 1 aliphatic carbocycles. The van der Waals surface area contributed by atoms with Crippen LogP contribution >= 0.6 is 0 Å². The lowest BCUT2D eigenvalue weighted by Gasteiger charge is -2.30. The molecule has 3 atom stereocenters. The summed E-state index contributed by atoms with van der Waals surface area (Å²) in [5.74, 6) is 0.626. The van der Waals surface area contributed by atoms with Crippen LogP contribution in [0.25, 0.3) is 0 Å². The summed E-state index contributed by atoms with van der Waals surface area (Å²) >= 11 is 0. The molecule has 22 heavy (non-hydrogen) atoms. The number of nitrogens with zero attached hydrogens (tertiary/aromatic N) is 1. The van der Waals surface area contributed by atoms with E-state index in [0.717, 1.165) is 19.3 Å². The Morgan fingerprint density at radius 2 is 2.14 bits per heavy atom. The van der Waals surface area contributed by atoms with E-state index >= 15 is 0 Å². The molecule has 1 fully saturated rings. The van der Waals surface area contributed by atoms with Crippen molar-refractivity contribution in [2.75, 3.05) is 0 Å². The van der Waals surface area contributed by atoms with Gasteiger partial charge >= 0.3 is 0 Å². The lowest BCUT2D eigenvalue weighted by molar-refractivity contribution is -0.384. The van der Waals surface area contributed by atoms with Crippen molar-refractivity contribution >= 4 is 11.6 Å². The average Bonchev–Trinajstić information content (AvgIpc) is 2.49. The van der Waals surface area contributed by atoms with Gasteiger partial charge in [0.05, 0.1) is 11.0 Å². The molecule has 0 unspecified atom stereocenters. The van der Waals surface area contributed by atoms with Gasteiger partial charge in [-0.25, -0.2) is 0 Å². The zero-order valence-electron chi connectivity index (χ0n) is 13.0.